The number of halogens is 4. The second kappa shape index (κ2) is 11.0. The average molecular weight is 540 g/mol. The van der Waals surface area contributed by atoms with Crippen molar-refractivity contribution in [3.63, 3.8) is 0 Å². The minimum absolute atomic E-state index is 0.146. The summed E-state index contributed by atoms with van der Waals surface area (Å²) in [6.45, 7) is 7.24. The molecule has 12 heteroatoms. The molecule has 0 saturated carbocycles. The van der Waals surface area contributed by atoms with Crippen LogP contribution in [-0.4, -0.2) is 38.2 Å². The number of alkyl halides is 3. The van der Waals surface area contributed by atoms with Crippen molar-refractivity contribution in [2.75, 3.05) is 0 Å². The molecule has 1 unspecified atom stereocenters. The zero-order chi connectivity index (χ0) is 28.4. The SMILES string of the molecule is CC(Oc1cc(-n2nc([C@H](C)OCc3ccccc3)n(C)c2=O)c(F)cc1C(=O)OC(C)(C)C)C(F)(F)F. The molecule has 0 radical (unpaired) electrons. The molecule has 0 amide bonds. The molecule has 2 aromatic carbocycles. The summed E-state index contributed by atoms with van der Waals surface area (Å²) in [7, 11) is 1.40. The van der Waals surface area contributed by atoms with Gasteiger partial charge in [-0.1, -0.05) is 30.3 Å². The zero-order valence-corrected chi connectivity index (χ0v) is 21.8. The van der Waals surface area contributed by atoms with Crippen LogP contribution in [0.1, 0.15) is 62.5 Å². The fourth-order valence-electron chi connectivity index (χ4n) is 3.39. The fourth-order valence-corrected chi connectivity index (χ4v) is 3.39. The highest BCUT2D eigenvalue weighted by molar-refractivity contribution is 5.93. The van der Waals surface area contributed by atoms with Gasteiger partial charge in [0.1, 0.15) is 34.5 Å². The topological polar surface area (TPSA) is 84.6 Å². The van der Waals surface area contributed by atoms with Gasteiger partial charge in [0, 0.05) is 13.1 Å². The maximum atomic E-state index is 15.2. The molecule has 3 rings (SSSR count). The molecule has 206 valence electrons. The first-order valence-electron chi connectivity index (χ1n) is 11.7. The van der Waals surface area contributed by atoms with E-state index in [2.05, 4.69) is 5.10 Å². The third-order valence-electron chi connectivity index (χ3n) is 5.38. The average Bonchev–Trinajstić information content (AvgIpc) is 3.11. The molecule has 0 N–H and O–H groups in total. The van der Waals surface area contributed by atoms with Crippen LogP contribution in [0.2, 0.25) is 0 Å². The lowest BCUT2D eigenvalue weighted by Gasteiger charge is -2.23. The van der Waals surface area contributed by atoms with Crippen molar-refractivity contribution < 1.29 is 36.6 Å². The van der Waals surface area contributed by atoms with E-state index in [9.17, 15) is 22.8 Å². The van der Waals surface area contributed by atoms with Gasteiger partial charge in [0.15, 0.2) is 11.9 Å². The summed E-state index contributed by atoms with van der Waals surface area (Å²) in [6.07, 6.45) is -7.82. The lowest BCUT2D eigenvalue weighted by atomic mass is 10.1. The Bertz CT molecular complexity index is 1340. The van der Waals surface area contributed by atoms with Crippen LogP contribution < -0.4 is 10.4 Å². The third-order valence-corrected chi connectivity index (χ3v) is 5.38. The fraction of sp³-hybridized carbons (Fsp3) is 0.423. The zero-order valence-electron chi connectivity index (χ0n) is 21.8. The first kappa shape index (κ1) is 28.9. The maximum Gasteiger partial charge on any atom is 0.425 e. The number of benzene rings is 2. The van der Waals surface area contributed by atoms with Crippen molar-refractivity contribution >= 4 is 5.97 Å². The van der Waals surface area contributed by atoms with Gasteiger partial charge in [-0.15, -0.1) is 5.10 Å². The Morgan fingerprint density at radius 3 is 2.29 bits per heavy atom. The monoisotopic (exact) mass is 539 g/mol. The molecule has 8 nitrogen and oxygen atoms in total. The number of rotatable bonds is 8. The van der Waals surface area contributed by atoms with Crippen LogP contribution in [0.25, 0.3) is 5.69 Å². The first-order chi connectivity index (χ1) is 17.6. The number of hydrogen-bond donors (Lipinski definition) is 0. The Morgan fingerprint density at radius 1 is 1.08 bits per heavy atom. The molecule has 3 aromatic rings. The number of esters is 1. The van der Waals surface area contributed by atoms with E-state index >= 15 is 4.39 Å². The largest absolute Gasteiger partial charge is 0.480 e. The van der Waals surface area contributed by atoms with E-state index in [1.807, 2.05) is 30.3 Å². The highest BCUT2D eigenvalue weighted by Gasteiger charge is 2.39. The highest BCUT2D eigenvalue weighted by Crippen LogP contribution is 2.31. The molecule has 0 aliphatic rings. The Morgan fingerprint density at radius 2 is 1.71 bits per heavy atom. The highest BCUT2D eigenvalue weighted by atomic mass is 19.4. The Balaban J connectivity index is 2.03. The summed E-state index contributed by atoms with van der Waals surface area (Å²) in [4.78, 5) is 25.6. The van der Waals surface area contributed by atoms with Crippen LogP contribution in [0.15, 0.2) is 47.3 Å². The van der Waals surface area contributed by atoms with E-state index in [0.717, 1.165) is 23.1 Å². The van der Waals surface area contributed by atoms with Crippen molar-refractivity contribution in [1.29, 1.82) is 0 Å². The molecule has 0 aliphatic carbocycles. The van der Waals surface area contributed by atoms with Gasteiger partial charge in [0.25, 0.3) is 0 Å². The quantitative estimate of drug-likeness (QED) is 0.286. The molecule has 38 heavy (non-hydrogen) atoms. The van der Waals surface area contributed by atoms with Gasteiger partial charge >= 0.3 is 17.8 Å². The summed E-state index contributed by atoms with van der Waals surface area (Å²) < 4.78 is 72.8. The lowest BCUT2D eigenvalue weighted by molar-refractivity contribution is -0.189. The van der Waals surface area contributed by atoms with E-state index in [-0.39, 0.29) is 12.4 Å². The van der Waals surface area contributed by atoms with Crippen molar-refractivity contribution in [2.45, 2.75) is 65.2 Å². The summed E-state index contributed by atoms with van der Waals surface area (Å²) >= 11 is 0. The van der Waals surface area contributed by atoms with Crippen LogP contribution in [0, 0.1) is 5.82 Å². The molecular weight excluding hydrogens is 510 g/mol. The molecule has 0 fully saturated rings. The third kappa shape index (κ3) is 6.80. The van der Waals surface area contributed by atoms with Crippen LogP contribution in [0.5, 0.6) is 5.75 Å². The predicted octanol–water partition coefficient (Wildman–Crippen LogP) is 5.27. The van der Waals surface area contributed by atoms with Crippen LogP contribution in [0.4, 0.5) is 17.6 Å². The number of ether oxygens (including phenoxy) is 3. The van der Waals surface area contributed by atoms with E-state index in [0.29, 0.717) is 10.7 Å². The van der Waals surface area contributed by atoms with Gasteiger partial charge in [-0.25, -0.2) is 14.0 Å². The lowest BCUT2D eigenvalue weighted by Crippen LogP contribution is -2.32. The second-order valence-corrected chi connectivity index (χ2v) is 9.65. The van der Waals surface area contributed by atoms with Gasteiger partial charge in [-0.2, -0.15) is 17.9 Å². The van der Waals surface area contributed by atoms with Gasteiger partial charge in [0.2, 0.25) is 0 Å². The van der Waals surface area contributed by atoms with Gasteiger partial charge < -0.3 is 14.2 Å². The Labute approximate surface area is 216 Å². The van der Waals surface area contributed by atoms with Crippen molar-refractivity contribution in [2.24, 2.45) is 7.05 Å². The summed E-state index contributed by atoms with van der Waals surface area (Å²) in [5.74, 6) is -2.66. The van der Waals surface area contributed by atoms with E-state index in [1.54, 1.807) is 27.7 Å². The molecule has 0 saturated heterocycles. The minimum Gasteiger partial charge on any atom is -0.480 e. The van der Waals surface area contributed by atoms with Crippen LogP contribution >= 0.6 is 0 Å². The van der Waals surface area contributed by atoms with Crippen molar-refractivity contribution in [3.05, 3.63) is 75.7 Å². The number of hydrogen-bond acceptors (Lipinski definition) is 6. The minimum atomic E-state index is -4.78. The molecule has 2 atom stereocenters. The maximum absolute atomic E-state index is 15.2. The standard InChI is InChI=1S/C26H29F4N3O5/c1-15(36-14-17-10-8-7-9-11-17)22-31-33(24(35)32(22)6)20-13-21(37-16(2)26(28,29)30)18(12-19(20)27)23(34)38-25(3,4)5/h7-13,15-16H,14H2,1-6H3/t15-,16?/m0/s1. The summed E-state index contributed by atoms with van der Waals surface area (Å²) in [5.41, 5.74) is -1.99. The normalized spacial score (nSPS) is 13.7. The van der Waals surface area contributed by atoms with E-state index in [1.165, 1.54) is 7.05 Å². The molecular formula is C26H29F4N3O5. The van der Waals surface area contributed by atoms with Crippen molar-refractivity contribution in [1.82, 2.24) is 14.3 Å². The van der Waals surface area contributed by atoms with Crippen LogP contribution in [-0.2, 0) is 23.1 Å². The summed E-state index contributed by atoms with van der Waals surface area (Å²) in [6, 6.07) is 10.7. The van der Waals surface area contributed by atoms with Gasteiger partial charge in [-0.05, 0) is 46.2 Å². The number of aromatic nitrogens is 3. The Kier molecular flexibility index (Phi) is 8.35. The number of nitrogens with zero attached hydrogens (tertiary/aromatic N) is 3. The molecule has 0 bridgehead atoms. The van der Waals surface area contributed by atoms with E-state index in [4.69, 9.17) is 14.2 Å². The smallest absolute Gasteiger partial charge is 0.425 e. The first-order valence-corrected chi connectivity index (χ1v) is 11.7. The second-order valence-electron chi connectivity index (χ2n) is 9.65. The Hall–Kier alpha value is -3.67. The van der Waals surface area contributed by atoms with Crippen molar-refractivity contribution in [3.8, 4) is 11.4 Å². The molecule has 0 aliphatic heterocycles. The van der Waals surface area contributed by atoms with Crippen LogP contribution in [0.3, 0.4) is 0 Å². The van der Waals surface area contributed by atoms with Gasteiger partial charge in [-0.3, -0.25) is 4.57 Å². The molecule has 1 heterocycles. The molecule has 1 aromatic heterocycles. The van der Waals surface area contributed by atoms with Gasteiger partial charge in [0.05, 0.1) is 6.61 Å². The number of carbonyl (C=O) groups excluding carboxylic acids is 1. The van der Waals surface area contributed by atoms with E-state index < -0.39 is 58.5 Å². The molecule has 0 spiro atoms. The predicted molar refractivity (Wildman–Crippen MR) is 130 cm³/mol. The summed E-state index contributed by atoms with van der Waals surface area (Å²) in [5, 5.41) is 4.16. The number of carbonyl (C=O) groups is 1.